The number of hydrogen-bond acceptors (Lipinski definition) is 4. The molecule has 9 heteroatoms. The highest BCUT2D eigenvalue weighted by molar-refractivity contribution is 5.79. The summed E-state index contributed by atoms with van der Waals surface area (Å²) in [6, 6.07) is 11.4. The first-order valence-electron chi connectivity index (χ1n) is 10.6. The number of para-hydroxylation sites is 1. The van der Waals surface area contributed by atoms with Crippen LogP contribution in [0.4, 0.5) is 18.9 Å². The molecule has 1 fully saturated rings. The maximum absolute atomic E-state index is 13.5. The van der Waals surface area contributed by atoms with Crippen molar-refractivity contribution < 1.29 is 18.3 Å². The minimum atomic E-state index is -4.55. The van der Waals surface area contributed by atoms with E-state index < -0.39 is 23.7 Å². The van der Waals surface area contributed by atoms with E-state index in [-0.39, 0.29) is 17.1 Å². The molecule has 6 nitrogen and oxygen atoms in total. The van der Waals surface area contributed by atoms with Gasteiger partial charge in [-0.2, -0.15) is 13.2 Å². The summed E-state index contributed by atoms with van der Waals surface area (Å²) in [4.78, 5) is 19.0. The Hall–Kier alpha value is -2.78. The van der Waals surface area contributed by atoms with Gasteiger partial charge in [0, 0.05) is 45.3 Å². The third-order valence-corrected chi connectivity index (χ3v) is 6.20. The van der Waals surface area contributed by atoms with Gasteiger partial charge in [0.25, 0.3) is 0 Å². The lowest BCUT2D eigenvalue weighted by molar-refractivity contribution is -0.136. The molecule has 0 spiro atoms. The molecule has 0 amide bonds. The van der Waals surface area contributed by atoms with Gasteiger partial charge in [-0.05, 0) is 42.7 Å². The Morgan fingerprint density at radius 3 is 2.38 bits per heavy atom. The van der Waals surface area contributed by atoms with Crippen molar-refractivity contribution in [2.75, 3.05) is 32.1 Å². The van der Waals surface area contributed by atoms with E-state index in [1.54, 1.807) is 0 Å². The highest BCUT2D eigenvalue weighted by atomic mass is 19.4. The van der Waals surface area contributed by atoms with Gasteiger partial charge in [0.2, 0.25) is 0 Å². The fourth-order valence-corrected chi connectivity index (χ4v) is 4.47. The van der Waals surface area contributed by atoms with Crippen molar-refractivity contribution in [1.82, 2.24) is 14.5 Å². The number of hydrogen-bond donors (Lipinski definition) is 2. The monoisotopic (exact) mass is 448 g/mol. The van der Waals surface area contributed by atoms with Crippen LogP contribution in [0.5, 0.6) is 0 Å². The normalized spacial score (nSPS) is 17.1. The topological polar surface area (TPSA) is 64.5 Å². The molecule has 3 aromatic rings. The fourth-order valence-electron chi connectivity index (χ4n) is 4.47. The van der Waals surface area contributed by atoms with Gasteiger partial charge >= 0.3 is 11.9 Å². The van der Waals surface area contributed by atoms with Gasteiger partial charge in [-0.15, -0.1) is 0 Å². The minimum Gasteiger partial charge on any atom is -0.378 e. The van der Waals surface area contributed by atoms with E-state index in [1.807, 2.05) is 48.2 Å². The second-order valence-corrected chi connectivity index (χ2v) is 8.51. The van der Waals surface area contributed by atoms with Crippen molar-refractivity contribution in [2.24, 2.45) is 0 Å². The molecule has 172 valence electrons. The molecule has 2 N–H and O–H groups in total. The number of aromatic amines is 1. The van der Waals surface area contributed by atoms with Crippen LogP contribution in [0.2, 0.25) is 0 Å². The molecule has 2 aromatic carbocycles. The molecule has 1 aliphatic heterocycles. The maximum Gasteiger partial charge on any atom is 0.418 e. The number of H-pyrrole nitrogens is 1. The highest BCUT2D eigenvalue weighted by Crippen LogP contribution is 2.36. The number of likely N-dealkylation sites (tertiary alicyclic amines) is 1. The first kappa shape index (κ1) is 22.4. The van der Waals surface area contributed by atoms with Crippen LogP contribution >= 0.6 is 0 Å². The summed E-state index contributed by atoms with van der Waals surface area (Å²) in [5, 5.41) is 10.7. The number of benzene rings is 2. The third-order valence-electron chi connectivity index (χ3n) is 6.20. The van der Waals surface area contributed by atoms with Crippen molar-refractivity contribution >= 4 is 16.7 Å². The Morgan fingerprint density at radius 1 is 1.12 bits per heavy atom. The molecule has 1 saturated heterocycles. The SMILES string of the molecule is CN(C)c1ccc(CC(O)N2CCC(n3c(=O)[nH]c4cccc(C(F)(F)F)c43)CC2)cc1. The standard InChI is InChI=1S/C23H27F3N4O2/c1-28(2)16-8-6-15(7-9-16)14-20(31)29-12-10-17(11-13-29)30-21-18(23(24,25)26)4-3-5-19(21)27-22(30)32/h3-9,17,20,31H,10-14H2,1-2H3,(H,27,32). The summed E-state index contributed by atoms with van der Waals surface area (Å²) in [5.41, 5.74) is 0.839. The molecular formula is C23H27F3N4O2. The summed E-state index contributed by atoms with van der Waals surface area (Å²) in [6.45, 7) is 0.990. The third kappa shape index (κ3) is 4.40. The summed E-state index contributed by atoms with van der Waals surface area (Å²) in [6.07, 6.45) is -3.81. The van der Waals surface area contributed by atoms with Gasteiger partial charge in [0.1, 0.15) is 6.23 Å². The molecule has 0 aliphatic carbocycles. The van der Waals surface area contributed by atoms with Crippen LogP contribution in [0.3, 0.4) is 0 Å². The average Bonchev–Trinajstić information content (AvgIpc) is 3.09. The van der Waals surface area contributed by atoms with E-state index in [4.69, 9.17) is 0 Å². The number of imidazole rings is 1. The lowest BCUT2D eigenvalue weighted by atomic mass is 10.0. The Kier molecular flexibility index (Phi) is 6.05. The Morgan fingerprint density at radius 2 is 1.78 bits per heavy atom. The van der Waals surface area contributed by atoms with Crippen molar-refractivity contribution in [3.63, 3.8) is 0 Å². The van der Waals surface area contributed by atoms with Crippen molar-refractivity contribution in [1.29, 1.82) is 0 Å². The van der Waals surface area contributed by atoms with Crippen LogP contribution in [0, 0.1) is 0 Å². The largest absolute Gasteiger partial charge is 0.418 e. The summed E-state index contributed by atoms with van der Waals surface area (Å²) in [7, 11) is 3.93. The molecule has 1 unspecified atom stereocenters. The maximum atomic E-state index is 13.5. The first-order chi connectivity index (χ1) is 15.1. The summed E-state index contributed by atoms with van der Waals surface area (Å²) < 4.78 is 41.9. The number of piperidine rings is 1. The first-order valence-corrected chi connectivity index (χ1v) is 10.6. The van der Waals surface area contributed by atoms with Crippen LogP contribution in [-0.4, -0.2) is 53.0 Å². The zero-order chi connectivity index (χ0) is 23.0. The Bertz CT molecular complexity index is 1130. The summed E-state index contributed by atoms with van der Waals surface area (Å²) in [5.74, 6) is 0. The molecule has 0 saturated carbocycles. The predicted molar refractivity (Wildman–Crippen MR) is 118 cm³/mol. The van der Waals surface area contributed by atoms with Crippen LogP contribution in [0.25, 0.3) is 11.0 Å². The van der Waals surface area contributed by atoms with Gasteiger partial charge in [-0.1, -0.05) is 18.2 Å². The number of fused-ring (bicyclic) bond motifs is 1. The molecule has 0 bridgehead atoms. The van der Waals surface area contributed by atoms with E-state index in [1.165, 1.54) is 16.7 Å². The van der Waals surface area contributed by atoms with Crippen molar-refractivity contribution in [2.45, 2.75) is 37.7 Å². The van der Waals surface area contributed by atoms with Gasteiger partial charge in [-0.25, -0.2) is 4.79 Å². The van der Waals surface area contributed by atoms with E-state index in [9.17, 15) is 23.1 Å². The Balaban J connectivity index is 1.47. The second-order valence-electron chi connectivity index (χ2n) is 8.51. The Labute approximate surface area is 183 Å². The van der Waals surface area contributed by atoms with Crippen LogP contribution < -0.4 is 10.6 Å². The van der Waals surface area contributed by atoms with Crippen LogP contribution in [0.1, 0.15) is 30.0 Å². The molecule has 0 radical (unpaired) electrons. The number of rotatable bonds is 5. The van der Waals surface area contributed by atoms with E-state index >= 15 is 0 Å². The van der Waals surface area contributed by atoms with Crippen LogP contribution in [0.15, 0.2) is 47.3 Å². The number of aliphatic hydroxyl groups excluding tert-OH is 1. The number of nitrogens with one attached hydrogen (secondary N) is 1. The zero-order valence-corrected chi connectivity index (χ0v) is 18.1. The molecular weight excluding hydrogens is 421 g/mol. The minimum absolute atomic E-state index is 0.0926. The highest BCUT2D eigenvalue weighted by Gasteiger charge is 2.36. The smallest absolute Gasteiger partial charge is 0.378 e. The van der Waals surface area contributed by atoms with Crippen LogP contribution in [-0.2, 0) is 12.6 Å². The number of aliphatic hydroxyl groups is 1. The molecule has 1 aromatic heterocycles. The van der Waals surface area contributed by atoms with E-state index in [0.29, 0.717) is 32.4 Å². The quantitative estimate of drug-likeness (QED) is 0.626. The van der Waals surface area contributed by atoms with Gasteiger partial charge < -0.3 is 15.0 Å². The van der Waals surface area contributed by atoms with Crippen molar-refractivity contribution in [3.05, 3.63) is 64.1 Å². The second kappa shape index (κ2) is 8.63. The van der Waals surface area contributed by atoms with Crippen molar-refractivity contribution in [3.8, 4) is 0 Å². The molecule has 32 heavy (non-hydrogen) atoms. The molecule has 4 rings (SSSR count). The zero-order valence-electron chi connectivity index (χ0n) is 18.1. The van der Waals surface area contributed by atoms with Gasteiger partial charge in [0.05, 0.1) is 16.6 Å². The van der Waals surface area contributed by atoms with E-state index in [0.717, 1.165) is 17.3 Å². The lowest BCUT2D eigenvalue weighted by Crippen LogP contribution is -2.43. The summed E-state index contributed by atoms with van der Waals surface area (Å²) >= 11 is 0. The number of aromatic nitrogens is 2. The molecule has 1 aliphatic rings. The van der Waals surface area contributed by atoms with Gasteiger partial charge in [0.15, 0.2) is 0 Å². The molecule has 2 heterocycles. The van der Waals surface area contributed by atoms with E-state index in [2.05, 4.69) is 4.98 Å². The van der Waals surface area contributed by atoms with Gasteiger partial charge in [-0.3, -0.25) is 9.47 Å². The average molecular weight is 448 g/mol. The number of anilines is 1. The number of nitrogens with zero attached hydrogens (tertiary/aromatic N) is 3. The predicted octanol–water partition coefficient (Wildman–Crippen LogP) is 3.61. The number of alkyl halides is 3. The fraction of sp³-hybridized carbons (Fsp3) is 0.435. The molecule has 1 atom stereocenters. The lowest BCUT2D eigenvalue weighted by Gasteiger charge is -2.35. The number of halogens is 3.